The molecule has 0 aliphatic carbocycles. The quantitative estimate of drug-likeness (QED) is 0.673. The Labute approximate surface area is 94.0 Å². The molecule has 0 aliphatic heterocycles. The van der Waals surface area contributed by atoms with E-state index in [1.54, 1.807) is 17.8 Å². The Kier molecular flexibility index (Phi) is 2.30. The minimum absolute atomic E-state index is 0.0333. The maximum Gasteiger partial charge on any atom is 0.276 e. The summed E-state index contributed by atoms with van der Waals surface area (Å²) in [7, 11) is 1.75. The van der Waals surface area contributed by atoms with E-state index < -0.39 is 0 Å². The molecule has 0 spiro atoms. The first kappa shape index (κ1) is 10.8. The number of aryl methyl sites for hydroxylation is 1. The van der Waals surface area contributed by atoms with Crippen molar-refractivity contribution in [3.63, 3.8) is 0 Å². The minimum atomic E-state index is -0.0783. The molecular weight excluding hydrogens is 202 g/mol. The fourth-order valence-electron chi connectivity index (χ4n) is 1.78. The van der Waals surface area contributed by atoms with E-state index in [-0.39, 0.29) is 11.0 Å². The van der Waals surface area contributed by atoms with Crippen LogP contribution >= 0.6 is 0 Å². The number of aromatic nitrogens is 3. The molecule has 2 rings (SSSR count). The Morgan fingerprint density at radius 2 is 2.00 bits per heavy atom. The van der Waals surface area contributed by atoms with Gasteiger partial charge < -0.3 is 4.57 Å². The fourth-order valence-corrected chi connectivity index (χ4v) is 1.78. The van der Waals surface area contributed by atoms with Gasteiger partial charge in [-0.15, -0.1) is 0 Å². The molecule has 4 nitrogen and oxygen atoms in total. The zero-order valence-corrected chi connectivity index (χ0v) is 9.98. The highest BCUT2D eigenvalue weighted by Gasteiger charge is 2.19. The van der Waals surface area contributed by atoms with Crippen molar-refractivity contribution in [2.75, 3.05) is 0 Å². The van der Waals surface area contributed by atoms with Gasteiger partial charge in [0.15, 0.2) is 0 Å². The van der Waals surface area contributed by atoms with E-state index in [0.29, 0.717) is 5.52 Å². The van der Waals surface area contributed by atoms with E-state index in [2.05, 4.69) is 30.7 Å². The lowest BCUT2D eigenvalue weighted by Crippen LogP contribution is -2.23. The van der Waals surface area contributed by atoms with Crippen LogP contribution in [0.15, 0.2) is 23.5 Å². The molecule has 0 bridgehead atoms. The molecule has 2 heterocycles. The second-order valence-electron chi connectivity index (χ2n) is 4.99. The van der Waals surface area contributed by atoms with Gasteiger partial charge in [0.2, 0.25) is 0 Å². The smallest absolute Gasteiger partial charge is 0.276 e. The van der Waals surface area contributed by atoms with E-state index >= 15 is 0 Å². The Morgan fingerprint density at radius 3 is 2.62 bits per heavy atom. The van der Waals surface area contributed by atoms with Crippen LogP contribution in [0, 0.1) is 0 Å². The third-order valence-electron chi connectivity index (χ3n) is 2.66. The highest BCUT2D eigenvalue weighted by atomic mass is 16.1. The molecule has 0 saturated heterocycles. The Balaban J connectivity index is 2.97. The highest BCUT2D eigenvalue weighted by molar-refractivity contribution is 5.81. The molecular formula is C12H15N3O. The van der Waals surface area contributed by atoms with Gasteiger partial charge >= 0.3 is 0 Å². The van der Waals surface area contributed by atoms with E-state index in [1.165, 1.54) is 6.33 Å². The normalized spacial score (nSPS) is 12.0. The summed E-state index contributed by atoms with van der Waals surface area (Å²) >= 11 is 0. The predicted octanol–water partition coefficient (Wildman–Crippen LogP) is 1.63. The van der Waals surface area contributed by atoms with Crippen molar-refractivity contribution in [2.45, 2.75) is 26.2 Å². The summed E-state index contributed by atoms with van der Waals surface area (Å²) in [6.07, 6.45) is 4.99. The molecule has 4 heteroatoms. The molecule has 0 fully saturated rings. The van der Waals surface area contributed by atoms with Crippen molar-refractivity contribution in [1.82, 2.24) is 14.5 Å². The number of nitrogens with zero attached hydrogens (tertiary/aromatic N) is 3. The van der Waals surface area contributed by atoms with Gasteiger partial charge in [-0.3, -0.25) is 4.79 Å². The second kappa shape index (κ2) is 3.40. The molecule has 0 atom stereocenters. The summed E-state index contributed by atoms with van der Waals surface area (Å²) in [4.78, 5) is 19.9. The molecule has 0 unspecified atom stereocenters. The first-order valence-electron chi connectivity index (χ1n) is 5.21. The molecule has 2 aromatic rings. The first-order valence-corrected chi connectivity index (χ1v) is 5.21. The molecule has 0 aliphatic rings. The van der Waals surface area contributed by atoms with Crippen LogP contribution in [0.3, 0.4) is 0 Å². The number of rotatable bonds is 0. The van der Waals surface area contributed by atoms with E-state index in [0.717, 1.165) is 10.9 Å². The lowest BCUT2D eigenvalue weighted by Gasteiger charge is -2.21. The van der Waals surface area contributed by atoms with Gasteiger partial charge in [-0.2, -0.15) is 0 Å². The first-order chi connectivity index (χ1) is 7.41. The average molecular weight is 217 g/mol. The lowest BCUT2D eigenvalue weighted by molar-refractivity contribution is 0.586. The topological polar surface area (TPSA) is 47.8 Å². The van der Waals surface area contributed by atoms with Crippen molar-refractivity contribution in [2.24, 2.45) is 7.05 Å². The maximum atomic E-state index is 11.9. The summed E-state index contributed by atoms with van der Waals surface area (Å²) in [5, 5.41) is 0.845. The monoisotopic (exact) mass is 217 g/mol. The van der Waals surface area contributed by atoms with Crippen LogP contribution in [0.4, 0.5) is 0 Å². The number of pyridine rings is 1. The molecule has 0 aromatic carbocycles. The standard InChI is InChI=1S/C12H15N3O/c1-12(2,3)9-6-15(4)11(16)10-8(9)5-13-7-14-10/h5-7H,1-4H3. The van der Waals surface area contributed by atoms with Crippen LogP contribution < -0.4 is 5.56 Å². The van der Waals surface area contributed by atoms with Gasteiger partial charge in [-0.1, -0.05) is 20.8 Å². The third kappa shape index (κ3) is 1.60. The second-order valence-corrected chi connectivity index (χ2v) is 4.99. The van der Waals surface area contributed by atoms with Gasteiger partial charge in [0.25, 0.3) is 5.56 Å². The Morgan fingerprint density at radius 1 is 1.31 bits per heavy atom. The zero-order chi connectivity index (χ0) is 11.9. The summed E-state index contributed by atoms with van der Waals surface area (Å²) in [6.45, 7) is 6.33. The summed E-state index contributed by atoms with van der Waals surface area (Å²) in [6, 6.07) is 0. The SMILES string of the molecule is Cn1cc(C(C)(C)C)c2cncnc2c1=O. The Bertz CT molecular complexity index is 593. The molecule has 16 heavy (non-hydrogen) atoms. The number of fused-ring (bicyclic) bond motifs is 1. The van der Waals surface area contributed by atoms with Crippen LogP contribution in [0.5, 0.6) is 0 Å². The van der Waals surface area contributed by atoms with Crippen molar-refractivity contribution in [3.8, 4) is 0 Å². The predicted molar refractivity (Wildman–Crippen MR) is 63.5 cm³/mol. The van der Waals surface area contributed by atoms with Crippen LogP contribution in [-0.4, -0.2) is 14.5 Å². The summed E-state index contributed by atoms with van der Waals surface area (Å²) in [5.41, 5.74) is 1.47. The largest absolute Gasteiger partial charge is 0.316 e. The van der Waals surface area contributed by atoms with E-state index in [9.17, 15) is 4.79 Å². The fraction of sp³-hybridized carbons (Fsp3) is 0.417. The third-order valence-corrected chi connectivity index (χ3v) is 2.66. The molecule has 0 N–H and O–H groups in total. The lowest BCUT2D eigenvalue weighted by atomic mass is 9.86. The van der Waals surface area contributed by atoms with Crippen LogP contribution in [0.25, 0.3) is 10.9 Å². The van der Waals surface area contributed by atoms with Crippen LogP contribution in [-0.2, 0) is 12.5 Å². The van der Waals surface area contributed by atoms with Gasteiger partial charge in [0.1, 0.15) is 11.8 Å². The van der Waals surface area contributed by atoms with E-state index in [4.69, 9.17) is 0 Å². The number of hydrogen-bond donors (Lipinski definition) is 0. The minimum Gasteiger partial charge on any atom is -0.316 e. The van der Waals surface area contributed by atoms with Gasteiger partial charge in [-0.25, -0.2) is 9.97 Å². The zero-order valence-electron chi connectivity index (χ0n) is 9.98. The highest BCUT2D eigenvalue weighted by Crippen LogP contribution is 2.26. The van der Waals surface area contributed by atoms with Crippen LogP contribution in [0.2, 0.25) is 0 Å². The van der Waals surface area contributed by atoms with Crippen molar-refractivity contribution < 1.29 is 0 Å². The van der Waals surface area contributed by atoms with Gasteiger partial charge in [-0.05, 0) is 11.0 Å². The average Bonchev–Trinajstić information content (AvgIpc) is 2.22. The van der Waals surface area contributed by atoms with Crippen molar-refractivity contribution in [3.05, 3.63) is 34.6 Å². The van der Waals surface area contributed by atoms with Crippen molar-refractivity contribution in [1.29, 1.82) is 0 Å². The van der Waals surface area contributed by atoms with Crippen LogP contribution in [0.1, 0.15) is 26.3 Å². The van der Waals surface area contributed by atoms with Crippen molar-refractivity contribution >= 4 is 10.9 Å². The Hall–Kier alpha value is -1.71. The number of hydrogen-bond acceptors (Lipinski definition) is 3. The summed E-state index contributed by atoms with van der Waals surface area (Å²) in [5.74, 6) is 0. The molecule has 84 valence electrons. The molecule has 0 amide bonds. The van der Waals surface area contributed by atoms with E-state index in [1.807, 2.05) is 6.20 Å². The molecule has 2 aromatic heterocycles. The molecule has 0 radical (unpaired) electrons. The van der Waals surface area contributed by atoms with Gasteiger partial charge in [0, 0.05) is 24.8 Å². The van der Waals surface area contributed by atoms with Gasteiger partial charge in [0.05, 0.1) is 0 Å². The molecule has 0 saturated carbocycles. The summed E-state index contributed by atoms with van der Waals surface area (Å²) < 4.78 is 1.58. The maximum absolute atomic E-state index is 11.9.